The van der Waals surface area contributed by atoms with Gasteiger partial charge in [0.1, 0.15) is 0 Å². The van der Waals surface area contributed by atoms with Crippen molar-refractivity contribution in [2.24, 2.45) is 11.8 Å². The zero-order chi connectivity index (χ0) is 20.3. The van der Waals surface area contributed by atoms with E-state index in [4.69, 9.17) is 4.74 Å². The van der Waals surface area contributed by atoms with Gasteiger partial charge in [-0.25, -0.2) is 4.79 Å². The van der Waals surface area contributed by atoms with E-state index in [1.807, 2.05) is 0 Å². The van der Waals surface area contributed by atoms with Crippen molar-refractivity contribution in [2.45, 2.75) is 52.0 Å². The molecule has 3 rings (SSSR count). The molecule has 1 aromatic carbocycles. The molecule has 1 aromatic rings. The number of ether oxygens (including phenoxy) is 1. The van der Waals surface area contributed by atoms with Gasteiger partial charge in [-0.15, -0.1) is 0 Å². The molecular formula is C21H26N2O5. The van der Waals surface area contributed by atoms with Gasteiger partial charge in [0, 0.05) is 18.9 Å². The number of hydrogen-bond donors (Lipinski definition) is 1. The number of carbonyl (C=O) groups is 4. The van der Waals surface area contributed by atoms with Crippen LogP contribution in [0.3, 0.4) is 0 Å². The van der Waals surface area contributed by atoms with E-state index >= 15 is 0 Å². The second kappa shape index (κ2) is 8.54. The maximum atomic E-state index is 12.2. The molecule has 0 unspecified atom stereocenters. The molecule has 7 heteroatoms. The first-order valence-electron chi connectivity index (χ1n) is 9.79. The molecule has 1 N–H and O–H groups in total. The second-order valence-corrected chi connectivity index (χ2v) is 7.69. The Morgan fingerprint density at radius 1 is 1.07 bits per heavy atom. The zero-order valence-corrected chi connectivity index (χ0v) is 16.3. The van der Waals surface area contributed by atoms with Crippen molar-refractivity contribution in [3.63, 3.8) is 0 Å². The third-order valence-electron chi connectivity index (χ3n) is 5.80. The molecule has 2 aliphatic rings. The number of hydrogen-bond acceptors (Lipinski definition) is 5. The number of anilines is 1. The fourth-order valence-electron chi connectivity index (χ4n) is 3.86. The lowest BCUT2D eigenvalue weighted by atomic mass is 9.78. The first-order chi connectivity index (χ1) is 13.4. The molecule has 1 saturated carbocycles. The van der Waals surface area contributed by atoms with Crippen LogP contribution in [0.1, 0.15) is 56.3 Å². The molecule has 1 aliphatic heterocycles. The Labute approximate surface area is 164 Å². The Morgan fingerprint density at radius 2 is 1.71 bits per heavy atom. The Hall–Kier alpha value is -2.70. The SMILES string of the molecule is C[C@@H]1[C@H](C)CCC[C@@H]1NC(=O)COC(=O)c1ccc(N2C(=O)CCC2=O)cc1. The van der Waals surface area contributed by atoms with Gasteiger partial charge in [-0.3, -0.25) is 19.3 Å². The third-order valence-corrected chi connectivity index (χ3v) is 5.80. The summed E-state index contributed by atoms with van der Waals surface area (Å²) < 4.78 is 5.10. The average Bonchev–Trinajstić information content (AvgIpc) is 3.02. The summed E-state index contributed by atoms with van der Waals surface area (Å²) >= 11 is 0. The smallest absolute Gasteiger partial charge is 0.338 e. The minimum Gasteiger partial charge on any atom is -0.452 e. The molecule has 0 bridgehead atoms. The van der Waals surface area contributed by atoms with Gasteiger partial charge in [-0.05, 0) is 42.5 Å². The predicted octanol–water partition coefficient (Wildman–Crippen LogP) is 2.44. The lowest BCUT2D eigenvalue weighted by Gasteiger charge is -2.34. The molecule has 0 spiro atoms. The maximum Gasteiger partial charge on any atom is 0.338 e. The molecule has 3 amide bonds. The number of carbonyl (C=O) groups excluding carboxylic acids is 4. The number of rotatable bonds is 5. The molecule has 1 saturated heterocycles. The topological polar surface area (TPSA) is 92.8 Å². The van der Waals surface area contributed by atoms with E-state index in [2.05, 4.69) is 19.2 Å². The molecule has 7 nitrogen and oxygen atoms in total. The minimum atomic E-state index is -0.620. The quantitative estimate of drug-likeness (QED) is 0.620. The predicted molar refractivity (Wildman–Crippen MR) is 103 cm³/mol. The van der Waals surface area contributed by atoms with Gasteiger partial charge >= 0.3 is 5.97 Å². The van der Waals surface area contributed by atoms with Crippen LogP contribution in [-0.2, 0) is 19.1 Å². The largest absolute Gasteiger partial charge is 0.452 e. The second-order valence-electron chi connectivity index (χ2n) is 7.69. The summed E-state index contributed by atoms with van der Waals surface area (Å²) in [5, 5.41) is 2.96. The number of nitrogens with one attached hydrogen (secondary N) is 1. The van der Waals surface area contributed by atoms with Gasteiger partial charge in [0.15, 0.2) is 6.61 Å². The fraction of sp³-hybridized carbons (Fsp3) is 0.524. The molecular weight excluding hydrogens is 360 g/mol. The van der Waals surface area contributed by atoms with Gasteiger partial charge in [0.25, 0.3) is 5.91 Å². The molecule has 3 atom stereocenters. The van der Waals surface area contributed by atoms with Crippen LogP contribution in [0.4, 0.5) is 5.69 Å². The van der Waals surface area contributed by atoms with Gasteiger partial charge in [-0.2, -0.15) is 0 Å². The van der Waals surface area contributed by atoms with Crippen molar-refractivity contribution in [3.05, 3.63) is 29.8 Å². The van der Waals surface area contributed by atoms with Crippen LogP contribution in [0.15, 0.2) is 24.3 Å². The van der Waals surface area contributed by atoms with Crippen molar-refractivity contribution < 1.29 is 23.9 Å². The number of benzene rings is 1. The highest BCUT2D eigenvalue weighted by atomic mass is 16.5. The lowest BCUT2D eigenvalue weighted by Crippen LogP contribution is -2.45. The summed E-state index contributed by atoms with van der Waals surface area (Å²) in [6.45, 7) is 4.00. The molecule has 1 heterocycles. The van der Waals surface area contributed by atoms with Crippen molar-refractivity contribution in [2.75, 3.05) is 11.5 Å². The van der Waals surface area contributed by atoms with Crippen molar-refractivity contribution in [1.82, 2.24) is 5.32 Å². The summed E-state index contributed by atoms with van der Waals surface area (Å²) in [7, 11) is 0. The summed E-state index contributed by atoms with van der Waals surface area (Å²) in [4.78, 5) is 48.9. The zero-order valence-electron chi connectivity index (χ0n) is 16.3. The van der Waals surface area contributed by atoms with Crippen LogP contribution >= 0.6 is 0 Å². The van der Waals surface area contributed by atoms with Crippen LogP contribution in [0, 0.1) is 11.8 Å². The molecule has 28 heavy (non-hydrogen) atoms. The monoisotopic (exact) mass is 386 g/mol. The Kier molecular flexibility index (Phi) is 6.11. The third kappa shape index (κ3) is 4.40. The number of nitrogens with zero attached hydrogens (tertiary/aromatic N) is 1. The van der Waals surface area contributed by atoms with Crippen molar-refractivity contribution >= 4 is 29.4 Å². The standard InChI is InChI=1S/C21H26N2O5/c1-13-4-3-5-17(14(13)2)22-18(24)12-28-21(27)15-6-8-16(9-7-15)23-19(25)10-11-20(23)26/h6-9,13-14,17H,3-5,10-12H2,1-2H3,(H,22,24)/t13-,14-,17+/m1/s1. The van der Waals surface area contributed by atoms with Crippen LogP contribution in [-0.4, -0.2) is 36.3 Å². The van der Waals surface area contributed by atoms with Gasteiger partial charge in [0.05, 0.1) is 11.3 Å². The summed E-state index contributed by atoms with van der Waals surface area (Å²) in [5.74, 6) is -0.451. The van der Waals surface area contributed by atoms with Crippen molar-refractivity contribution in [3.8, 4) is 0 Å². The minimum absolute atomic E-state index is 0.116. The number of amides is 3. The normalized spacial score (nSPS) is 24.9. The summed E-state index contributed by atoms with van der Waals surface area (Å²) in [6.07, 6.45) is 3.62. The van der Waals surface area contributed by atoms with Crippen molar-refractivity contribution in [1.29, 1.82) is 0 Å². The van der Waals surface area contributed by atoms with E-state index in [-0.39, 0.29) is 48.8 Å². The molecule has 0 aromatic heterocycles. The van der Waals surface area contributed by atoms with Gasteiger partial charge in [0.2, 0.25) is 11.8 Å². The van der Waals surface area contributed by atoms with Crippen LogP contribution < -0.4 is 10.2 Å². The van der Waals surface area contributed by atoms with E-state index in [9.17, 15) is 19.2 Å². The van der Waals surface area contributed by atoms with E-state index < -0.39 is 5.97 Å². The fourth-order valence-corrected chi connectivity index (χ4v) is 3.86. The highest BCUT2D eigenvalue weighted by Crippen LogP contribution is 2.29. The number of imide groups is 1. The average molecular weight is 386 g/mol. The summed E-state index contributed by atoms with van der Waals surface area (Å²) in [6, 6.07) is 6.15. The van der Waals surface area contributed by atoms with E-state index in [0.29, 0.717) is 17.5 Å². The Bertz CT molecular complexity index is 758. The van der Waals surface area contributed by atoms with Crippen LogP contribution in [0.2, 0.25) is 0 Å². The van der Waals surface area contributed by atoms with Gasteiger partial charge < -0.3 is 10.1 Å². The van der Waals surface area contributed by atoms with E-state index in [0.717, 1.165) is 17.7 Å². The van der Waals surface area contributed by atoms with Crippen LogP contribution in [0.25, 0.3) is 0 Å². The summed E-state index contributed by atoms with van der Waals surface area (Å²) in [5.41, 5.74) is 0.692. The Balaban J connectivity index is 1.51. The highest BCUT2D eigenvalue weighted by Gasteiger charge is 2.30. The first kappa shape index (κ1) is 20.0. The van der Waals surface area contributed by atoms with Gasteiger partial charge in [-0.1, -0.05) is 26.7 Å². The molecule has 0 radical (unpaired) electrons. The van der Waals surface area contributed by atoms with E-state index in [1.54, 1.807) is 0 Å². The number of esters is 1. The van der Waals surface area contributed by atoms with E-state index in [1.165, 1.54) is 30.7 Å². The maximum absolute atomic E-state index is 12.2. The molecule has 2 fully saturated rings. The highest BCUT2D eigenvalue weighted by molar-refractivity contribution is 6.19. The molecule has 150 valence electrons. The molecule has 1 aliphatic carbocycles. The first-order valence-corrected chi connectivity index (χ1v) is 9.79. The van der Waals surface area contributed by atoms with Crippen LogP contribution in [0.5, 0.6) is 0 Å². The Morgan fingerprint density at radius 3 is 2.36 bits per heavy atom. The lowest BCUT2D eigenvalue weighted by molar-refractivity contribution is -0.125.